The number of hydrogen-bond donors (Lipinski definition) is 0. The Morgan fingerprint density at radius 3 is 2.53 bits per heavy atom. The van der Waals surface area contributed by atoms with Crippen molar-refractivity contribution in [2.75, 3.05) is 0 Å². The van der Waals surface area contributed by atoms with Crippen LogP contribution in [0.1, 0.15) is 0 Å². The SMILES string of the molecule is N#C[Se]c1ccc(-n2[se]c3ccccc3c2=O)cc1. The maximum atomic E-state index is 12.3. The second kappa shape index (κ2) is 5.20. The van der Waals surface area contributed by atoms with Gasteiger partial charge >= 0.3 is 122 Å². The van der Waals surface area contributed by atoms with E-state index in [1.54, 1.807) is 0 Å². The zero-order valence-electron chi connectivity index (χ0n) is 9.74. The summed E-state index contributed by atoms with van der Waals surface area (Å²) in [5, 5.41) is 9.49. The minimum atomic E-state index is -0.137. The normalized spacial score (nSPS) is 10.5. The Morgan fingerprint density at radius 1 is 1.11 bits per heavy atom. The first-order valence-corrected chi connectivity index (χ1v) is 8.90. The first-order valence-electron chi connectivity index (χ1n) is 5.57. The molecule has 0 spiro atoms. The number of benzene rings is 2. The fourth-order valence-electron chi connectivity index (χ4n) is 1.84. The van der Waals surface area contributed by atoms with Crippen molar-refractivity contribution in [3.63, 3.8) is 0 Å². The Balaban J connectivity index is 2.12. The zero-order chi connectivity index (χ0) is 13.2. The zero-order valence-corrected chi connectivity index (χ0v) is 13.2. The summed E-state index contributed by atoms with van der Waals surface area (Å²) in [6, 6.07) is 15.5. The molecule has 1 heterocycles. The summed E-state index contributed by atoms with van der Waals surface area (Å²) >= 11 is -0.128. The third-order valence-corrected chi connectivity index (χ3v) is 6.32. The van der Waals surface area contributed by atoms with Crippen molar-refractivity contribution in [1.29, 1.82) is 5.26 Å². The van der Waals surface area contributed by atoms with Crippen LogP contribution in [-0.2, 0) is 0 Å². The van der Waals surface area contributed by atoms with Crippen molar-refractivity contribution in [2.24, 2.45) is 0 Å². The molecule has 0 saturated heterocycles. The van der Waals surface area contributed by atoms with Crippen LogP contribution in [0.3, 0.4) is 0 Å². The molecule has 3 aromatic rings. The van der Waals surface area contributed by atoms with Gasteiger partial charge in [0.15, 0.2) is 0 Å². The summed E-state index contributed by atoms with van der Waals surface area (Å²) in [6.45, 7) is 0. The van der Waals surface area contributed by atoms with Crippen LogP contribution in [0, 0.1) is 10.2 Å². The summed E-state index contributed by atoms with van der Waals surface area (Å²) in [6.07, 6.45) is 0. The van der Waals surface area contributed by atoms with E-state index in [0.717, 1.165) is 19.8 Å². The van der Waals surface area contributed by atoms with Crippen LogP contribution in [-0.4, -0.2) is 33.3 Å². The van der Waals surface area contributed by atoms with E-state index in [0.29, 0.717) is 0 Å². The molecule has 19 heavy (non-hydrogen) atoms. The van der Waals surface area contributed by atoms with Crippen LogP contribution < -0.4 is 10.0 Å². The third-order valence-electron chi connectivity index (χ3n) is 2.73. The molecule has 0 aliphatic heterocycles. The molecule has 0 amide bonds. The van der Waals surface area contributed by atoms with Gasteiger partial charge in [0, 0.05) is 0 Å². The van der Waals surface area contributed by atoms with Gasteiger partial charge in [-0.25, -0.2) is 0 Å². The second-order valence-corrected chi connectivity index (χ2v) is 7.75. The summed E-state index contributed by atoms with van der Waals surface area (Å²) in [5.41, 5.74) is 0.993. The van der Waals surface area contributed by atoms with Crippen LogP contribution >= 0.6 is 0 Å². The van der Waals surface area contributed by atoms with Gasteiger partial charge in [-0.2, -0.15) is 0 Å². The van der Waals surface area contributed by atoms with E-state index in [4.69, 9.17) is 5.26 Å². The predicted octanol–water partition coefficient (Wildman–Crippen LogP) is 0.858. The molecule has 3 rings (SSSR count). The van der Waals surface area contributed by atoms with Gasteiger partial charge in [-0.15, -0.1) is 0 Å². The van der Waals surface area contributed by atoms with Crippen LogP contribution in [0.25, 0.3) is 15.3 Å². The molecule has 0 fully saturated rings. The van der Waals surface area contributed by atoms with Crippen molar-refractivity contribution < 1.29 is 0 Å². The second-order valence-electron chi connectivity index (χ2n) is 3.87. The van der Waals surface area contributed by atoms with Crippen LogP contribution in [0.4, 0.5) is 0 Å². The van der Waals surface area contributed by atoms with E-state index in [-0.39, 0.29) is 35.2 Å². The van der Waals surface area contributed by atoms with Gasteiger partial charge in [-0.3, -0.25) is 0 Å². The van der Waals surface area contributed by atoms with Gasteiger partial charge < -0.3 is 0 Å². The molecule has 92 valence electrons. The van der Waals surface area contributed by atoms with Crippen LogP contribution in [0.5, 0.6) is 0 Å². The first-order chi connectivity index (χ1) is 9.29. The van der Waals surface area contributed by atoms with Crippen molar-refractivity contribution in [3.05, 3.63) is 58.9 Å². The quantitative estimate of drug-likeness (QED) is 0.621. The summed E-state index contributed by atoms with van der Waals surface area (Å²) in [4.78, 5) is 14.5. The van der Waals surface area contributed by atoms with E-state index < -0.39 is 0 Å². The first kappa shape index (κ1) is 12.5. The molecule has 3 nitrogen and oxygen atoms in total. The fourth-order valence-corrected chi connectivity index (χ4v) is 4.73. The van der Waals surface area contributed by atoms with Crippen molar-refractivity contribution in [2.45, 2.75) is 0 Å². The Hall–Kier alpha value is -1.56. The molecule has 1 aromatic heterocycles. The van der Waals surface area contributed by atoms with Crippen molar-refractivity contribution in [1.82, 2.24) is 3.56 Å². The van der Waals surface area contributed by atoms with Crippen LogP contribution in [0.2, 0.25) is 0 Å². The molecule has 0 atom stereocenters. The minimum absolute atomic E-state index is 0.00949. The van der Waals surface area contributed by atoms with Gasteiger partial charge in [0.2, 0.25) is 0 Å². The van der Waals surface area contributed by atoms with Gasteiger partial charge in [-0.1, -0.05) is 0 Å². The molecular weight excluding hydrogens is 370 g/mol. The maximum absolute atomic E-state index is 12.3. The van der Waals surface area contributed by atoms with E-state index in [1.807, 2.05) is 52.1 Å². The van der Waals surface area contributed by atoms with E-state index >= 15 is 0 Å². The molecule has 5 heteroatoms. The summed E-state index contributed by atoms with van der Waals surface area (Å²) in [7, 11) is 0. The fraction of sp³-hybridized carbons (Fsp3) is 0. The van der Waals surface area contributed by atoms with E-state index in [9.17, 15) is 4.79 Å². The van der Waals surface area contributed by atoms with E-state index in [2.05, 4.69) is 4.97 Å². The number of aromatic nitrogens is 1. The molecular formula is C14H8N2OSe2. The van der Waals surface area contributed by atoms with Gasteiger partial charge in [0.25, 0.3) is 0 Å². The van der Waals surface area contributed by atoms with Crippen LogP contribution in [0.15, 0.2) is 53.3 Å². The third kappa shape index (κ3) is 2.32. The number of nitrogens with zero attached hydrogens (tertiary/aromatic N) is 2. The Bertz CT molecular complexity index is 825. The van der Waals surface area contributed by atoms with Crippen molar-refractivity contribution >= 4 is 43.8 Å². The summed E-state index contributed by atoms with van der Waals surface area (Å²) < 4.78 is 4.00. The van der Waals surface area contributed by atoms with Gasteiger partial charge in [0.05, 0.1) is 0 Å². The topological polar surface area (TPSA) is 45.8 Å². The Kier molecular flexibility index (Phi) is 3.42. The average Bonchev–Trinajstić information content (AvgIpc) is 2.78. The molecule has 2 aromatic carbocycles. The molecule has 0 aliphatic carbocycles. The Labute approximate surface area is 122 Å². The number of rotatable bonds is 2. The monoisotopic (exact) mass is 380 g/mol. The molecule has 0 N–H and O–H groups in total. The number of nitriles is 1. The molecule has 0 saturated carbocycles. The molecule has 0 radical (unpaired) electrons. The van der Waals surface area contributed by atoms with Crippen molar-refractivity contribution in [3.8, 4) is 10.7 Å². The van der Waals surface area contributed by atoms with Gasteiger partial charge in [0.1, 0.15) is 0 Å². The number of fused-ring (bicyclic) bond motifs is 1. The number of hydrogen-bond acceptors (Lipinski definition) is 2. The Morgan fingerprint density at radius 2 is 1.84 bits per heavy atom. The van der Waals surface area contributed by atoms with Gasteiger partial charge in [-0.05, 0) is 0 Å². The summed E-state index contributed by atoms with van der Waals surface area (Å²) in [5.74, 6) is 0. The average molecular weight is 378 g/mol. The van der Waals surface area contributed by atoms with E-state index in [1.165, 1.54) is 0 Å². The molecule has 0 bridgehead atoms. The molecule has 0 aliphatic rings. The standard InChI is InChI=1S/C14H8N2OSe2/c15-9-18-11-7-5-10(6-8-11)16-14(17)12-3-1-2-4-13(12)19-16/h1-8H. The molecule has 0 unspecified atom stereocenters. The predicted molar refractivity (Wildman–Crippen MR) is 77.5 cm³/mol.